The van der Waals surface area contributed by atoms with Gasteiger partial charge in [-0.3, -0.25) is 14.2 Å². The van der Waals surface area contributed by atoms with Crippen molar-refractivity contribution in [2.24, 2.45) is 5.73 Å². The molecule has 8 nitrogen and oxygen atoms in total. The maximum absolute atomic E-state index is 13.8. The lowest BCUT2D eigenvalue weighted by molar-refractivity contribution is -0.106. The molecule has 0 bridgehead atoms. The highest BCUT2D eigenvalue weighted by molar-refractivity contribution is 9.10. The molecular weight excluding hydrogens is 452 g/mol. The minimum atomic E-state index is -0.719. The highest BCUT2D eigenvalue weighted by Crippen LogP contribution is 2.24. The monoisotopic (exact) mass is 475 g/mol. The molecule has 4 N–H and O–H groups in total. The van der Waals surface area contributed by atoms with Gasteiger partial charge in [-0.1, -0.05) is 0 Å². The van der Waals surface area contributed by atoms with Gasteiger partial charge in [0.15, 0.2) is 0 Å². The van der Waals surface area contributed by atoms with Gasteiger partial charge in [-0.25, -0.2) is 8.78 Å². The topological polar surface area (TPSA) is 111 Å². The minimum absolute atomic E-state index is 0.0441. The maximum Gasteiger partial charge on any atom is 0.273 e. The van der Waals surface area contributed by atoms with Crippen LogP contribution in [-0.4, -0.2) is 36.1 Å². The summed E-state index contributed by atoms with van der Waals surface area (Å²) < 4.78 is 33.9. The van der Waals surface area contributed by atoms with E-state index in [9.17, 15) is 13.6 Å². The fourth-order valence-electron chi connectivity index (χ4n) is 2.28. The van der Waals surface area contributed by atoms with E-state index < -0.39 is 11.6 Å². The number of likely N-dealkylation sites (N-methyl/N-ethyl adjacent to an activating group) is 1. The number of hydrogen-bond acceptors (Lipinski definition) is 6. The summed E-state index contributed by atoms with van der Waals surface area (Å²) in [4.78, 5) is 25.6. The Hall–Kier alpha value is -2.53. The predicted octanol–water partition coefficient (Wildman–Crippen LogP) is 2.18. The highest BCUT2D eigenvalue weighted by atomic mass is 79.9. The molecule has 29 heavy (non-hydrogen) atoms. The van der Waals surface area contributed by atoms with E-state index in [2.05, 4.69) is 37.3 Å². The smallest absolute Gasteiger partial charge is 0.273 e. The van der Waals surface area contributed by atoms with E-state index >= 15 is 0 Å². The number of ether oxygens (including phenoxy) is 1. The van der Waals surface area contributed by atoms with Gasteiger partial charge in [0.25, 0.3) is 5.56 Å². The lowest BCUT2D eigenvalue weighted by Crippen LogP contribution is -2.29. The van der Waals surface area contributed by atoms with Crippen LogP contribution in [0.25, 0.3) is 0 Å². The molecule has 0 aliphatic heterocycles. The number of aromatic nitrogens is 2. The molecule has 2 aromatic rings. The number of nitrogens with zero attached hydrogens (tertiary/aromatic N) is 2. The zero-order valence-corrected chi connectivity index (χ0v) is 17.9. The van der Waals surface area contributed by atoms with E-state index in [-0.39, 0.29) is 40.5 Å². The molecule has 0 aliphatic carbocycles. The Kier molecular flexibility index (Phi) is 10.2. The van der Waals surface area contributed by atoms with Crippen LogP contribution in [0.4, 0.5) is 14.7 Å². The molecule has 1 amide bonds. The largest absolute Gasteiger partial charge is 0.472 e. The first-order valence-corrected chi connectivity index (χ1v) is 9.48. The summed E-state index contributed by atoms with van der Waals surface area (Å²) in [5.41, 5.74) is 4.02. The van der Waals surface area contributed by atoms with Crippen molar-refractivity contribution < 1.29 is 18.3 Å². The first-order chi connectivity index (χ1) is 13.8. The Morgan fingerprint density at radius 1 is 1.34 bits per heavy atom. The van der Waals surface area contributed by atoms with Crippen LogP contribution in [0.5, 0.6) is 5.88 Å². The zero-order chi connectivity index (χ0) is 22.0. The summed E-state index contributed by atoms with van der Waals surface area (Å²) in [5.74, 6) is -0.981. The van der Waals surface area contributed by atoms with Crippen molar-refractivity contribution in [3.8, 4) is 5.88 Å². The van der Waals surface area contributed by atoms with Crippen LogP contribution in [0.2, 0.25) is 0 Å². The van der Waals surface area contributed by atoms with Crippen LogP contribution in [0.1, 0.15) is 25.5 Å². The van der Waals surface area contributed by atoms with Gasteiger partial charge >= 0.3 is 0 Å². The van der Waals surface area contributed by atoms with Crippen LogP contribution in [0.15, 0.2) is 27.5 Å². The number of carbonyl (C=O) groups excluding carboxylic acids is 1. The molecular formula is C18H24BrF2N5O3. The third-order valence-electron chi connectivity index (χ3n) is 3.58. The summed E-state index contributed by atoms with van der Waals surface area (Å²) in [5, 5.41) is 6.08. The van der Waals surface area contributed by atoms with Crippen molar-refractivity contribution in [3.05, 3.63) is 50.2 Å². The molecule has 160 valence electrons. The summed E-state index contributed by atoms with van der Waals surface area (Å²) >= 11 is 3.20. The Morgan fingerprint density at radius 3 is 2.55 bits per heavy atom. The number of halogens is 3. The third kappa shape index (κ3) is 7.09. The number of benzene rings is 1. The number of rotatable bonds is 8. The average molecular weight is 476 g/mol. The lowest BCUT2D eigenvalue weighted by Gasteiger charge is -2.19. The molecule has 1 aromatic carbocycles. The number of hydrogen-bond donors (Lipinski definition) is 3. The fraction of sp³-hybridized carbons (Fsp3) is 0.389. The molecule has 0 aliphatic rings. The molecule has 11 heteroatoms. The van der Waals surface area contributed by atoms with Gasteiger partial charge in [-0.05, 0) is 49.0 Å². The number of amides is 1. The van der Waals surface area contributed by atoms with Gasteiger partial charge < -0.3 is 21.1 Å². The number of primary amides is 1. The first-order valence-electron chi connectivity index (χ1n) is 8.69. The quantitative estimate of drug-likeness (QED) is 0.398. The molecule has 0 unspecified atom stereocenters. The Bertz CT molecular complexity index is 877. The van der Waals surface area contributed by atoms with Crippen molar-refractivity contribution in [3.63, 3.8) is 0 Å². The molecule has 0 saturated carbocycles. The molecule has 0 radical (unpaired) electrons. The van der Waals surface area contributed by atoms with Gasteiger partial charge in [0.2, 0.25) is 18.2 Å². The van der Waals surface area contributed by atoms with Crippen LogP contribution < -0.4 is 26.7 Å². The van der Waals surface area contributed by atoms with Crippen LogP contribution >= 0.6 is 15.9 Å². The second-order valence-electron chi connectivity index (χ2n) is 6.01. The molecule has 0 fully saturated rings. The zero-order valence-electron chi connectivity index (χ0n) is 16.3. The summed E-state index contributed by atoms with van der Waals surface area (Å²) in [6.45, 7) is 4.80. The van der Waals surface area contributed by atoms with Crippen LogP contribution in [0, 0.1) is 11.6 Å². The van der Waals surface area contributed by atoms with Crippen LogP contribution in [-0.2, 0) is 11.4 Å². The maximum atomic E-state index is 13.8. The van der Waals surface area contributed by atoms with Gasteiger partial charge in [0.05, 0.1) is 0 Å². The highest BCUT2D eigenvalue weighted by Gasteiger charge is 2.18. The Morgan fingerprint density at radius 2 is 2.00 bits per heavy atom. The Labute approximate surface area is 175 Å². The fourth-order valence-corrected chi connectivity index (χ4v) is 2.67. The third-order valence-corrected chi connectivity index (χ3v) is 4.26. The summed E-state index contributed by atoms with van der Waals surface area (Å²) in [6.07, 6.45) is 0.250. The molecule has 1 aromatic heterocycles. The average Bonchev–Trinajstić information content (AvgIpc) is 2.65. The van der Waals surface area contributed by atoms with Gasteiger partial charge in [0, 0.05) is 30.8 Å². The molecule has 0 atom stereocenters. The standard InChI is InChI=1S/C17H21BrF2N4O2.CH3NO/c1-10(2)24-16(25)14(18)15(23-17(24)22-7-6-21-3)26-9-11-4-5-12(19)8-13(11)20;2-1-3/h4-5,8,10,21H,6-7,9H2,1-3H3,(H,22,23);1H,(H2,2,3). The lowest BCUT2D eigenvalue weighted by atomic mass is 10.2. The summed E-state index contributed by atoms with van der Waals surface area (Å²) in [7, 11) is 1.82. The number of nitrogens with one attached hydrogen (secondary N) is 2. The Balaban J connectivity index is 0.00000132. The molecule has 0 saturated heterocycles. The van der Waals surface area contributed by atoms with Gasteiger partial charge in [-0.15, -0.1) is 0 Å². The van der Waals surface area contributed by atoms with Crippen molar-refractivity contribution in [1.82, 2.24) is 14.9 Å². The SMILES string of the molecule is CNCCNc1nc(OCc2ccc(F)cc2F)c(Br)c(=O)n1C(C)C.NC=O. The van der Waals surface area contributed by atoms with E-state index in [0.717, 1.165) is 12.1 Å². The number of anilines is 1. The predicted molar refractivity (Wildman–Crippen MR) is 110 cm³/mol. The van der Waals surface area contributed by atoms with E-state index in [1.54, 1.807) is 0 Å². The normalized spacial score (nSPS) is 10.3. The second-order valence-corrected chi connectivity index (χ2v) is 6.81. The van der Waals surface area contributed by atoms with E-state index in [0.29, 0.717) is 19.0 Å². The summed E-state index contributed by atoms with van der Waals surface area (Å²) in [6, 6.07) is 3.10. The van der Waals surface area contributed by atoms with Gasteiger partial charge in [-0.2, -0.15) is 4.98 Å². The number of nitrogens with two attached hydrogens (primary N) is 1. The first kappa shape index (κ1) is 24.5. The van der Waals surface area contributed by atoms with Crippen molar-refractivity contribution in [1.29, 1.82) is 0 Å². The second kappa shape index (κ2) is 12.1. The van der Waals surface area contributed by atoms with Crippen molar-refractivity contribution in [2.75, 3.05) is 25.5 Å². The van der Waals surface area contributed by atoms with Crippen LogP contribution in [0.3, 0.4) is 0 Å². The van der Waals surface area contributed by atoms with E-state index in [1.165, 1.54) is 10.6 Å². The minimum Gasteiger partial charge on any atom is -0.472 e. The molecule has 1 heterocycles. The van der Waals surface area contributed by atoms with E-state index in [1.807, 2.05) is 20.9 Å². The molecule has 0 spiro atoms. The number of carbonyl (C=O) groups is 1. The van der Waals surface area contributed by atoms with Crippen molar-refractivity contribution in [2.45, 2.75) is 26.5 Å². The van der Waals surface area contributed by atoms with Gasteiger partial charge in [0.1, 0.15) is 22.7 Å². The van der Waals surface area contributed by atoms with Crippen molar-refractivity contribution >= 4 is 28.3 Å². The molecule has 2 rings (SSSR count). The van der Waals surface area contributed by atoms with E-state index in [4.69, 9.17) is 9.53 Å².